The van der Waals surface area contributed by atoms with E-state index >= 15 is 0 Å². The van der Waals surface area contributed by atoms with Crippen LogP contribution in [0.4, 0.5) is 0 Å². The molecule has 0 fully saturated rings. The van der Waals surface area contributed by atoms with Gasteiger partial charge in [0.25, 0.3) is 0 Å². The Balaban J connectivity index is -0.000000202. The zero-order chi connectivity index (χ0) is 59.3. The minimum atomic E-state index is 0. The summed E-state index contributed by atoms with van der Waals surface area (Å²) in [4.78, 5) is 12.0. The molecular formula is C74H99N3Y3-6. The first-order valence-electron chi connectivity index (χ1n) is 28.3. The molecule has 9 rings (SSSR count). The first kappa shape index (κ1) is 87.6. The number of fused-ring (bicyclic) bond motifs is 1. The fourth-order valence-corrected chi connectivity index (χ4v) is 6.57. The third-order valence-electron chi connectivity index (χ3n) is 9.84. The summed E-state index contributed by atoms with van der Waals surface area (Å²) in [5.74, 6) is 2.38. The van der Waals surface area contributed by atoms with Gasteiger partial charge in [0.1, 0.15) is 17.5 Å². The summed E-state index contributed by atoms with van der Waals surface area (Å²) in [6, 6.07) is 69.6. The molecule has 0 spiro atoms. The largest absolute Gasteiger partial charge is 0.226 e. The van der Waals surface area contributed by atoms with Crippen molar-refractivity contribution >= 4 is 10.8 Å². The van der Waals surface area contributed by atoms with Crippen LogP contribution in [0.25, 0.3) is 44.2 Å². The Bertz CT molecular complexity index is 2700. The van der Waals surface area contributed by atoms with Gasteiger partial charge in [0, 0.05) is 98.1 Å². The molecule has 3 nitrogen and oxygen atoms in total. The third-order valence-corrected chi connectivity index (χ3v) is 9.84. The maximum absolute atomic E-state index is 4.01. The molecule has 0 atom stereocenters. The fraction of sp³-hybridized carbons (Fsp3) is 0.338. The van der Waals surface area contributed by atoms with E-state index in [1.165, 1.54) is 44.2 Å². The Labute approximate surface area is 568 Å². The van der Waals surface area contributed by atoms with E-state index in [0.717, 1.165) is 62.0 Å². The van der Waals surface area contributed by atoms with E-state index in [2.05, 4.69) is 228 Å². The van der Waals surface area contributed by atoms with Crippen molar-refractivity contribution in [3.05, 3.63) is 244 Å². The van der Waals surface area contributed by atoms with Crippen LogP contribution in [0.1, 0.15) is 159 Å². The molecular weight excluding hydrogens is 1200 g/mol. The van der Waals surface area contributed by atoms with Gasteiger partial charge in [0.05, 0.1) is 0 Å². The Kier molecular flexibility index (Phi) is 61.1. The number of aryl methyl sites for hydroxylation is 11. The molecule has 1 aromatic heterocycles. The maximum atomic E-state index is 4.01. The topological polar surface area (TPSA) is 38.7 Å². The molecule has 8 aromatic carbocycles. The van der Waals surface area contributed by atoms with Gasteiger partial charge in [-0.05, 0) is 51.0 Å². The van der Waals surface area contributed by atoms with E-state index in [-0.39, 0.29) is 98.1 Å². The monoisotopic (exact) mass is 1300 g/mol. The van der Waals surface area contributed by atoms with Crippen LogP contribution in [0.5, 0.6) is 0 Å². The van der Waals surface area contributed by atoms with Crippen molar-refractivity contribution in [2.45, 2.75) is 173 Å². The molecule has 0 aliphatic carbocycles. The average molecular weight is 1300 g/mol. The zero-order valence-corrected chi connectivity index (χ0v) is 62.9. The summed E-state index contributed by atoms with van der Waals surface area (Å²) in [7, 11) is 0. The van der Waals surface area contributed by atoms with Crippen molar-refractivity contribution in [1.29, 1.82) is 0 Å². The molecule has 425 valence electrons. The van der Waals surface area contributed by atoms with Crippen LogP contribution in [-0.2, 0) is 98.1 Å². The number of hydrogen-bond donors (Lipinski definition) is 0. The Hall–Kier alpha value is -3.66. The van der Waals surface area contributed by atoms with Gasteiger partial charge >= 0.3 is 0 Å². The van der Waals surface area contributed by atoms with Crippen LogP contribution >= 0.6 is 0 Å². The van der Waals surface area contributed by atoms with Crippen molar-refractivity contribution in [2.75, 3.05) is 0 Å². The number of benzene rings is 8. The second-order valence-electron chi connectivity index (χ2n) is 15.9. The molecule has 0 aliphatic rings. The van der Waals surface area contributed by atoms with Crippen LogP contribution in [0, 0.1) is 113 Å². The first-order chi connectivity index (χ1) is 37.2. The summed E-state index contributed by atoms with van der Waals surface area (Å²) in [6.45, 7) is 50.3. The molecule has 0 saturated heterocycles. The van der Waals surface area contributed by atoms with Crippen molar-refractivity contribution in [1.82, 2.24) is 15.0 Å². The van der Waals surface area contributed by atoms with Crippen LogP contribution in [0.15, 0.2) is 146 Å². The van der Waals surface area contributed by atoms with Gasteiger partial charge in [-0.1, -0.05) is 180 Å². The van der Waals surface area contributed by atoms with Gasteiger partial charge in [0.2, 0.25) is 0 Å². The second-order valence-corrected chi connectivity index (χ2v) is 15.9. The van der Waals surface area contributed by atoms with E-state index in [9.17, 15) is 0 Å². The maximum Gasteiger partial charge on any atom is 0.129 e. The summed E-state index contributed by atoms with van der Waals surface area (Å²) >= 11 is 0. The molecule has 0 bridgehead atoms. The fourth-order valence-electron chi connectivity index (χ4n) is 6.57. The van der Waals surface area contributed by atoms with Gasteiger partial charge in [-0.3, -0.25) is 0 Å². The van der Waals surface area contributed by atoms with Crippen molar-refractivity contribution in [2.24, 2.45) is 0 Å². The molecule has 80 heavy (non-hydrogen) atoms. The van der Waals surface area contributed by atoms with Crippen molar-refractivity contribution in [3.63, 3.8) is 0 Å². The second kappa shape index (κ2) is 55.9. The summed E-state index contributed by atoms with van der Waals surface area (Å²) in [6.07, 6.45) is 0. The van der Waals surface area contributed by atoms with E-state index < -0.39 is 0 Å². The number of nitrogens with zero attached hydrogens (tertiary/aromatic N) is 3. The summed E-state index contributed by atoms with van der Waals surface area (Å²) in [5, 5.41) is 2.71. The van der Waals surface area contributed by atoms with Gasteiger partial charge in [-0.15, -0.1) is 51.6 Å². The molecule has 0 N–H and O–H groups in total. The molecule has 6 heteroatoms. The molecule has 9 aromatic rings. The molecule has 0 aliphatic heterocycles. The predicted octanol–water partition coefficient (Wildman–Crippen LogP) is 22.1. The molecule has 0 saturated carbocycles. The van der Waals surface area contributed by atoms with Gasteiger partial charge in [-0.25, -0.2) is 48.3 Å². The van der Waals surface area contributed by atoms with Gasteiger partial charge in [-0.2, -0.15) is 127 Å². The Morgan fingerprint density at radius 1 is 0.287 bits per heavy atom. The molecule has 0 unspecified atom stereocenters. The standard InChI is InChI=1S/3C14H12.C12H12.C6H9N3.7C2H6.3Y/c1-11-3-7-13(8-4-11)14-9-5-12(2)6-10-14;1-11-5-3-7-13(9-11)14-8-4-6-12(2)10-14;1-11-6-8-13(9-7-11)14-5-3-4-12(2)10-14;1-9-6-7-12-10(2)4-3-5-11(12)8-9;1-4-7-5(2)9-6(3)8-4;7*1-2;;;/h3-7,9H,1-2H3;3-8H,1-2H3;3-4,6-8,10H,1-2H3;3-8H,1-2H3;1-3H3;7*1-2H3;;;/q3*-2;;;;;;;;;;;;. The Morgan fingerprint density at radius 2 is 0.625 bits per heavy atom. The molecule has 0 amide bonds. The number of hydrogen-bond acceptors (Lipinski definition) is 3. The van der Waals surface area contributed by atoms with Gasteiger partial charge < -0.3 is 0 Å². The Morgan fingerprint density at radius 3 is 0.963 bits per heavy atom. The quantitative estimate of drug-likeness (QED) is 0.166. The van der Waals surface area contributed by atoms with E-state index in [1.54, 1.807) is 0 Å². The predicted molar refractivity (Wildman–Crippen MR) is 344 cm³/mol. The minimum Gasteiger partial charge on any atom is -0.226 e. The van der Waals surface area contributed by atoms with E-state index in [4.69, 9.17) is 0 Å². The van der Waals surface area contributed by atoms with Crippen LogP contribution in [0.2, 0.25) is 0 Å². The SMILES string of the molecule is CC.CC.CC.CC.CC.CC.CC.Cc1[c-]c(-c2[c-]c(C)ccc2)ccc1.Cc1c[c-]c(-c2[c-]cc(C)cc2)cc1.Cc1c[c-]c(-c2[c-]ccc(C)c2)cc1.Cc1ccc2c(C)cccc2c1.Cc1nc(C)nc(C)n1.[Y].[Y].[Y]. The number of aromatic nitrogens is 3. The van der Waals surface area contributed by atoms with E-state index in [1.807, 2.05) is 142 Å². The summed E-state index contributed by atoms with van der Waals surface area (Å²) < 4.78 is 0. The van der Waals surface area contributed by atoms with E-state index in [0.29, 0.717) is 0 Å². The van der Waals surface area contributed by atoms with Crippen molar-refractivity contribution in [3.8, 4) is 33.4 Å². The third kappa shape index (κ3) is 37.4. The van der Waals surface area contributed by atoms with Crippen LogP contribution < -0.4 is 0 Å². The summed E-state index contributed by atoms with van der Waals surface area (Å²) in [5.41, 5.74) is 16.7. The normalized spacial score (nSPS) is 8.51. The smallest absolute Gasteiger partial charge is 0.129 e. The van der Waals surface area contributed by atoms with Crippen molar-refractivity contribution < 1.29 is 98.1 Å². The first-order valence-corrected chi connectivity index (χ1v) is 28.3. The minimum absolute atomic E-state index is 0. The zero-order valence-electron chi connectivity index (χ0n) is 54.4. The van der Waals surface area contributed by atoms with Gasteiger partial charge in [0.15, 0.2) is 0 Å². The van der Waals surface area contributed by atoms with Crippen LogP contribution in [-0.4, -0.2) is 15.0 Å². The number of rotatable bonds is 3. The molecule has 3 radical (unpaired) electrons. The molecule has 1 heterocycles. The average Bonchev–Trinajstić information content (AvgIpc) is 3.46. The van der Waals surface area contributed by atoms with Crippen LogP contribution in [0.3, 0.4) is 0 Å².